The van der Waals surface area contributed by atoms with Crippen LogP contribution in [-0.4, -0.2) is 26.8 Å². The maximum Gasteiger partial charge on any atom is 0.308 e. The highest BCUT2D eigenvalue weighted by Crippen LogP contribution is 2.24. The molecule has 0 saturated heterocycles. The van der Waals surface area contributed by atoms with Gasteiger partial charge in [-0.2, -0.15) is 0 Å². The Morgan fingerprint density at radius 2 is 1.90 bits per heavy atom. The minimum atomic E-state index is -0.472. The highest BCUT2D eigenvalue weighted by molar-refractivity contribution is 7.81. The van der Waals surface area contributed by atoms with Crippen LogP contribution >= 0.6 is 23.8 Å². The minimum Gasteiger partial charge on any atom is -0.426 e. The van der Waals surface area contributed by atoms with Gasteiger partial charge in [0, 0.05) is 19.3 Å². The monoisotopic (exact) mass is 440 g/mol. The van der Waals surface area contributed by atoms with E-state index < -0.39 is 11.9 Å². The predicted octanol–water partition coefficient (Wildman–Crippen LogP) is 4.40. The van der Waals surface area contributed by atoms with Crippen molar-refractivity contribution in [1.82, 2.24) is 9.97 Å². The van der Waals surface area contributed by atoms with Gasteiger partial charge in [0.2, 0.25) is 0 Å². The molecule has 3 aromatic rings. The molecule has 7 nitrogen and oxygen atoms in total. The molecule has 2 N–H and O–H groups in total. The van der Waals surface area contributed by atoms with Gasteiger partial charge in [0.15, 0.2) is 5.69 Å². The first-order valence-electron chi connectivity index (χ1n) is 8.82. The Kier molecular flexibility index (Phi) is 6.71. The molecule has 0 atom stereocenters. The number of rotatable bonds is 5. The van der Waals surface area contributed by atoms with Crippen molar-refractivity contribution in [3.05, 3.63) is 76.7 Å². The van der Waals surface area contributed by atoms with Gasteiger partial charge in [-0.15, -0.1) is 0 Å². The first-order chi connectivity index (χ1) is 14.3. The lowest BCUT2D eigenvalue weighted by Crippen LogP contribution is -2.20. The van der Waals surface area contributed by atoms with Crippen LogP contribution in [0.5, 0.6) is 5.75 Å². The van der Waals surface area contributed by atoms with Crippen molar-refractivity contribution >= 4 is 52.2 Å². The lowest BCUT2D eigenvalue weighted by Gasteiger charge is -2.14. The van der Waals surface area contributed by atoms with Gasteiger partial charge in [0.1, 0.15) is 16.6 Å². The van der Waals surface area contributed by atoms with Crippen LogP contribution in [0, 0.1) is 6.92 Å². The summed E-state index contributed by atoms with van der Waals surface area (Å²) in [5.41, 5.74) is 1.94. The highest BCUT2D eigenvalue weighted by Gasteiger charge is 2.17. The molecule has 0 spiro atoms. The number of thiocarbonyl (C=S) groups is 1. The maximum absolute atomic E-state index is 12.7. The van der Waals surface area contributed by atoms with Crippen LogP contribution < -0.4 is 15.4 Å². The van der Waals surface area contributed by atoms with Crippen LogP contribution in [0.2, 0.25) is 5.02 Å². The molecule has 152 valence electrons. The second kappa shape index (κ2) is 9.43. The summed E-state index contributed by atoms with van der Waals surface area (Å²) in [5, 5.41) is 6.13. The fraction of sp³-hybridized carbons (Fsp3) is 0.0952. The van der Waals surface area contributed by atoms with Crippen molar-refractivity contribution in [2.45, 2.75) is 13.8 Å². The first kappa shape index (κ1) is 21.4. The molecule has 1 aromatic carbocycles. The molecule has 0 saturated carbocycles. The normalized spacial score (nSPS) is 10.2. The first-order valence-corrected chi connectivity index (χ1v) is 9.60. The Morgan fingerprint density at radius 1 is 1.10 bits per heavy atom. The van der Waals surface area contributed by atoms with Crippen LogP contribution in [0.4, 0.5) is 11.5 Å². The smallest absolute Gasteiger partial charge is 0.308 e. The molecule has 0 bridgehead atoms. The molecule has 30 heavy (non-hydrogen) atoms. The number of hydrogen-bond acceptors (Lipinski definition) is 6. The topological polar surface area (TPSA) is 93.2 Å². The number of halogens is 1. The average molecular weight is 441 g/mol. The third-order valence-electron chi connectivity index (χ3n) is 3.88. The zero-order valence-electron chi connectivity index (χ0n) is 16.1. The van der Waals surface area contributed by atoms with Crippen LogP contribution in [0.25, 0.3) is 0 Å². The van der Waals surface area contributed by atoms with Gasteiger partial charge in [-0.1, -0.05) is 29.9 Å². The van der Waals surface area contributed by atoms with Crippen molar-refractivity contribution in [3.63, 3.8) is 0 Å². The molecular formula is C21H17ClN4O3S. The Morgan fingerprint density at radius 3 is 2.60 bits per heavy atom. The Hall–Kier alpha value is -3.36. The summed E-state index contributed by atoms with van der Waals surface area (Å²) >= 11 is 11.3. The molecule has 0 aliphatic rings. The van der Waals surface area contributed by atoms with E-state index in [4.69, 9.17) is 28.6 Å². The third kappa shape index (κ3) is 5.37. The third-order valence-corrected chi connectivity index (χ3v) is 4.42. The number of carbonyl (C=O) groups is 2. The number of carbonyl (C=O) groups excluding carboxylic acids is 2. The molecule has 2 heterocycles. The molecule has 0 unspecified atom stereocenters. The minimum absolute atomic E-state index is 0.123. The molecule has 0 aliphatic heterocycles. The molecule has 0 aliphatic carbocycles. The highest BCUT2D eigenvalue weighted by atomic mass is 35.5. The summed E-state index contributed by atoms with van der Waals surface area (Å²) in [7, 11) is 0. The number of benzene rings is 1. The van der Waals surface area contributed by atoms with Gasteiger partial charge in [-0.3, -0.25) is 9.59 Å². The number of anilines is 2. The van der Waals surface area contributed by atoms with Crippen molar-refractivity contribution in [2.24, 2.45) is 0 Å². The molecule has 3 rings (SSSR count). The largest absolute Gasteiger partial charge is 0.426 e. The molecule has 0 radical (unpaired) electrons. The van der Waals surface area contributed by atoms with Gasteiger partial charge >= 0.3 is 5.97 Å². The fourth-order valence-corrected chi connectivity index (χ4v) is 2.95. The number of aryl methyl sites for hydroxylation is 1. The number of nitrogens with one attached hydrogen (secondary N) is 2. The van der Waals surface area contributed by atoms with Gasteiger partial charge < -0.3 is 15.4 Å². The van der Waals surface area contributed by atoms with Crippen molar-refractivity contribution in [3.8, 4) is 5.75 Å². The second-order valence-electron chi connectivity index (χ2n) is 6.26. The van der Waals surface area contributed by atoms with E-state index in [1.807, 2.05) is 13.0 Å². The van der Waals surface area contributed by atoms with Crippen LogP contribution in [0.3, 0.4) is 0 Å². The van der Waals surface area contributed by atoms with E-state index in [2.05, 4.69) is 20.6 Å². The summed E-state index contributed by atoms with van der Waals surface area (Å²) in [6, 6.07) is 11.8. The zero-order valence-corrected chi connectivity index (χ0v) is 17.7. The number of nitrogens with zero attached hydrogens (tertiary/aromatic N) is 2. The average Bonchev–Trinajstić information content (AvgIpc) is 2.69. The van der Waals surface area contributed by atoms with E-state index >= 15 is 0 Å². The summed E-state index contributed by atoms with van der Waals surface area (Å²) in [6.45, 7) is 3.19. The standard InChI is InChI=1S/C21H17ClN4O3S/c1-12-5-7-15(17(10-12)29-13(2)27)21(30)25-16-4-3-9-23-19(16)20(28)26-18-8-6-14(22)11-24-18/h3-11H,1-2H3,(H,25,30)(H,24,26,28). The maximum atomic E-state index is 12.7. The van der Waals surface area contributed by atoms with Crippen LogP contribution in [0.1, 0.15) is 28.5 Å². The summed E-state index contributed by atoms with van der Waals surface area (Å²) in [5.74, 6) is -0.263. The second-order valence-corrected chi connectivity index (χ2v) is 7.11. The summed E-state index contributed by atoms with van der Waals surface area (Å²) in [6.07, 6.45) is 2.92. The van der Waals surface area contributed by atoms with Crippen LogP contribution in [-0.2, 0) is 4.79 Å². The molecule has 1 amide bonds. The number of amides is 1. The van der Waals surface area contributed by atoms with E-state index in [0.717, 1.165) is 5.56 Å². The Bertz CT molecular complexity index is 1120. The molecule has 2 aromatic heterocycles. The lowest BCUT2D eigenvalue weighted by molar-refractivity contribution is -0.131. The van der Waals surface area contributed by atoms with Crippen molar-refractivity contribution in [1.29, 1.82) is 0 Å². The Balaban J connectivity index is 1.84. The Labute approximate surface area is 183 Å². The number of hydrogen-bond donors (Lipinski definition) is 2. The van der Waals surface area contributed by atoms with Crippen molar-refractivity contribution in [2.75, 3.05) is 10.6 Å². The molecular weight excluding hydrogens is 424 g/mol. The van der Waals surface area contributed by atoms with E-state index in [0.29, 0.717) is 27.8 Å². The van der Waals surface area contributed by atoms with E-state index in [-0.39, 0.29) is 10.7 Å². The predicted molar refractivity (Wildman–Crippen MR) is 119 cm³/mol. The number of pyridine rings is 2. The fourth-order valence-electron chi connectivity index (χ4n) is 2.56. The van der Waals surface area contributed by atoms with Crippen LogP contribution in [0.15, 0.2) is 54.9 Å². The zero-order chi connectivity index (χ0) is 21.7. The van der Waals surface area contributed by atoms with E-state index in [1.54, 1.807) is 36.4 Å². The van der Waals surface area contributed by atoms with E-state index in [9.17, 15) is 9.59 Å². The molecule has 9 heteroatoms. The quantitative estimate of drug-likeness (QED) is 0.345. The van der Waals surface area contributed by atoms with Gasteiger partial charge in [0.25, 0.3) is 5.91 Å². The van der Waals surface area contributed by atoms with Crippen molar-refractivity contribution < 1.29 is 14.3 Å². The van der Waals surface area contributed by atoms with Gasteiger partial charge in [-0.25, -0.2) is 9.97 Å². The van der Waals surface area contributed by atoms with E-state index in [1.165, 1.54) is 19.3 Å². The lowest BCUT2D eigenvalue weighted by atomic mass is 10.1. The number of aromatic nitrogens is 2. The SMILES string of the molecule is CC(=O)Oc1cc(C)ccc1C(=S)Nc1cccnc1C(=O)Nc1ccc(Cl)cn1. The van der Waals surface area contributed by atoms with Gasteiger partial charge in [0.05, 0.1) is 16.3 Å². The number of esters is 1. The number of ether oxygens (including phenoxy) is 1. The van der Waals surface area contributed by atoms with Gasteiger partial charge in [-0.05, 0) is 48.9 Å². The summed E-state index contributed by atoms with van der Waals surface area (Å²) in [4.78, 5) is 32.6. The molecule has 0 fully saturated rings. The summed E-state index contributed by atoms with van der Waals surface area (Å²) < 4.78 is 5.27.